The third-order valence-electron chi connectivity index (χ3n) is 3.36. The lowest BCUT2D eigenvalue weighted by atomic mass is 10.00. The molecule has 1 aromatic heterocycles. The van der Waals surface area contributed by atoms with Crippen LogP contribution < -0.4 is 5.32 Å². The molecule has 1 saturated heterocycles. The van der Waals surface area contributed by atoms with Crippen LogP contribution in [0.5, 0.6) is 0 Å². The van der Waals surface area contributed by atoms with Crippen LogP contribution in [-0.4, -0.2) is 18.1 Å². The number of thiazole rings is 1. The van der Waals surface area contributed by atoms with Gasteiger partial charge in [0.2, 0.25) is 0 Å². The number of hydrogen-bond acceptors (Lipinski definition) is 3. The number of hydrogen-bond donors (Lipinski definition) is 1. The van der Waals surface area contributed by atoms with Gasteiger partial charge in [-0.1, -0.05) is 22.0 Å². The van der Waals surface area contributed by atoms with Crippen molar-refractivity contribution in [3.8, 4) is 11.3 Å². The summed E-state index contributed by atoms with van der Waals surface area (Å²) in [4.78, 5) is 4.77. The molecule has 1 aliphatic rings. The van der Waals surface area contributed by atoms with Gasteiger partial charge in [0.1, 0.15) is 0 Å². The van der Waals surface area contributed by atoms with E-state index in [0.29, 0.717) is 0 Å². The van der Waals surface area contributed by atoms with Crippen LogP contribution in [0.4, 0.5) is 0 Å². The molecule has 0 aliphatic carbocycles. The average molecular weight is 323 g/mol. The van der Waals surface area contributed by atoms with Crippen molar-refractivity contribution in [2.24, 2.45) is 5.92 Å². The van der Waals surface area contributed by atoms with E-state index in [0.717, 1.165) is 35.6 Å². The second-order valence-corrected chi connectivity index (χ2v) is 6.67. The van der Waals surface area contributed by atoms with Gasteiger partial charge < -0.3 is 5.32 Å². The van der Waals surface area contributed by atoms with Gasteiger partial charge in [0.25, 0.3) is 0 Å². The van der Waals surface area contributed by atoms with Crippen molar-refractivity contribution < 1.29 is 0 Å². The summed E-state index contributed by atoms with van der Waals surface area (Å²) < 4.78 is 1.11. The molecular formula is C14H15BrN2S. The quantitative estimate of drug-likeness (QED) is 0.933. The highest BCUT2D eigenvalue weighted by molar-refractivity contribution is 9.10. The van der Waals surface area contributed by atoms with Crippen LogP contribution in [0.15, 0.2) is 28.1 Å². The summed E-state index contributed by atoms with van der Waals surface area (Å²) in [5.41, 5.74) is 3.63. The molecule has 0 saturated carbocycles. The molecule has 0 amide bonds. The number of benzene rings is 1. The van der Waals surface area contributed by atoms with Crippen molar-refractivity contribution in [1.82, 2.24) is 10.3 Å². The fourth-order valence-electron chi connectivity index (χ4n) is 2.14. The molecule has 3 rings (SSSR count). The highest BCUT2D eigenvalue weighted by Crippen LogP contribution is 2.29. The van der Waals surface area contributed by atoms with Crippen molar-refractivity contribution in [3.05, 3.63) is 38.6 Å². The number of rotatable bonds is 3. The average Bonchev–Trinajstić information content (AvgIpc) is 2.75. The third-order valence-corrected chi connectivity index (χ3v) is 4.72. The smallest absolute Gasteiger partial charge is 0.0936 e. The predicted octanol–water partition coefficient (Wildman–Crippen LogP) is 3.64. The highest BCUT2D eigenvalue weighted by atomic mass is 79.9. The number of aryl methyl sites for hydroxylation is 1. The Bertz CT molecular complexity index is 561. The van der Waals surface area contributed by atoms with Gasteiger partial charge >= 0.3 is 0 Å². The zero-order valence-corrected chi connectivity index (χ0v) is 12.6. The Balaban J connectivity index is 1.85. The Morgan fingerprint density at radius 3 is 3.00 bits per heavy atom. The lowest BCUT2D eigenvalue weighted by Crippen LogP contribution is -2.43. The van der Waals surface area contributed by atoms with E-state index in [1.54, 1.807) is 11.3 Å². The fourth-order valence-corrected chi connectivity index (χ4v) is 3.41. The molecule has 2 heterocycles. The van der Waals surface area contributed by atoms with E-state index in [-0.39, 0.29) is 0 Å². The molecule has 0 radical (unpaired) electrons. The second kappa shape index (κ2) is 5.11. The van der Waals surface area contributed by atoms with Crippen LogP contribution in [0, 0.1) is 12.8 Å². The van der Waals surface area contributed by atoms with Gasteiger partial charge in [0, 0.05) is 21.8 Å². The van der Waals surface area contributed by atoms with Crippen LogP contribution in [0.1, 0.15) is 10.6 Å². The molecule has 1 aromatic carbocycles. The summed E-state index contributed by atoms with van der Waals surface area (Å²) in [5.74, 6) is 0.785. The van der Waals surface area contributed by atoms with Crippen molar-refractivity contribution in [2.75, 3.05) is 13.1 Å². The first-order chi connectivity index (χ1) is 8.72. The topological polar surface area (TPSA) is 24.9 Å². The largest absolute Gasteiger partial charge is 0.316 e. The van der Waals surface area contributed by atoms with Gasteiger partial charge in [-0.15, -0.1) is 11.3 Å². The standard InChI is InChI=1S/C14H15BrN2S/c1-9-2-3-11(15)5-12(9)13-8-18-14(17-13)4-10-6-16-7-10/h2-3,5,8,10,16H,4,6-7H2,1H3. The number of halogens is 1. The molecular weight excluding hydrogens is 308 g/mol. The van der Waals surface area contributed by atoms with Gasteiger partial charge in [-0.3, -0.25) is 0 Å². The summed E-state index contributed by atoms with van der Waals surface area (Å²) >= 11 is 5.31. The van der Waals surface area contributed by atoms with Gasteiger partial charge in [-0.05, 0) is 43.6 Å². The van der Waals surface area contributed by atoms with E-state index >= 15 is 0 Å². The Kier molecular flexibility index (Phi) is 3.50. The first-order valence-electron chi connectivity index (χ1n) is 6.14. The molecule has 0 spiro atoms. The maximum absolute atomic E-state index is 4.77. The third kappa shape index (κ3) is 2.51. The van der Waals surface area contributed by atoms with Gasteiger partial charge in [-0.2, -0.15) is 0 Å². The normalized spacial score (nSPS) is 15.7. The molecule has 0 unspecified atom stereocenters. The second-order valence-electron chi connectivity index (χ2n) is 4.81. The van der Waals surface area contributed by atoms with E-state index in [4.69, 9.17) is 4.98 Å². The van der Waals surface area contributed by atoms with Crippen LogP contribution >= 0.6 is 27.3 Å². The number of nitrogens with one attached hydrogen (secondary N) is 1. The maximum Gasteiger partial charge on any atom is 0.0936 e. The van der Waals surface area contributed by atoms with Crippen LogP contribution in [0.25, 0.3) is 11.3 Å². The zero-order chi connectivity index (χ0) is 12.5. The number of nitrogens with zero attached hydrogens (tertiary/aromatic N) is 1. The van der Waals surface area contributed by atoms with E-state index < -0.39 is 0 Å². The summed E-state index contributed by atoms with van der Waals surface area (Å²) in [5, 5.41) is 6.74. The Hall–Kier alpha value is -0.710. The highest BCUT2D eigenvalue weighted by Gasteiger charge is 2.19. The number of aromatic nitrogens is 1. The summed E-state index contributed by atoms with van der Waals surface area (Å²) in [6.45, 7) is 4.42. The molecule has 0 atom stereocenters. The van der Waals surface area contributed by atoms with E-state index in [2.05, 4.69) is 51.7 Å². The van der Waals surface area contributed by atoms with Crippen LogP contribution in [0.2, 0.25) is 0 Å². The molecule has 4 heteroatoms. The van der Waals surface area contributed by atoms with Crippen molar-refractivity contribution in [2.45, 2.75) is 13.3 Å². The molecule has 1 fully saturated rings. The van der Waals surface area contributed by atoms with Crippen molar-refractivity contribution >= 4 is 27.3 Å². The predicted molar refractivity (Wildman–Crippen MR) is 80.1 cm³/mol. The molecule has 2 nitrogen and oxygen atoms in total. The Labute approximate surface area is 120 Å². The van der Waals surface area contributed by atoms with Crippen LogP contribution in [-0.2, 0) is 6.42 Å². The van der Waals surface area contributed by atoms with Crippen LogP contribution in [0.3, 0.4) is 0 Å². The summed E-state index contributed by atoms with van der Waals surface area (Å²) in [6, 6.07) is 6.36. The van der Waals surface area contributed by atoms with Crippen molar-refractivity contribution in [3.63, 3.8) is 0 Å². The van der Waals surface area contributed by atoms with E-state index in [1.165, 1.54) is 16.1 Å². The first kappa shape index (κ1) is 12.3. The van der Waals surface area contributed by atoms with E-state index in [9.17, 15) is 0 Å². The van der Waals surface area contributed by atoms with Gasteiger partial charge in [0.05, 0.1) is 10.7 Å². The lowest BCUT2D eigenvalue weighted by Gasteiger charge is -2.25. The summed E-state index contributed by atoms with van der Waals surface area (Å²) in [7, 11) is 0. The minimum atomic E-state index is 0.785. The Morgan fingerprint density at radius 1 is 1.44 bits per heavy atom. The monoisotopic (exact) mass is 322 g/mol. The molecule has 2 aromatic rings. The van der Waals surface area contributed by atoms with Crippen molar-refractivity contribution in [1.29, 1.82) is 0 Å². The SMILES string of the molecule is Cc1ccc(Br)cc1-c1csc(CC2CNC2)n1. The summed E-state index contributed by atoms with van der Waals surface area (Å²) in [6.07, 6.45) is 1.12. The zero-order valence-electron chi connectivity index (χ0n) is 10.2. The van der Waals surface area contributed by atoms with Gasteiger partial charge in [0.15, 0.2) is 0 Å². The maximum atomic E-state index is 4.77. The molecule has 1 N–H and O–H groups in total. The Morgan fingerprint density at radius 2 is 2.28 bits per heavy atom. The molecule has 18 heavy (non-hydrogen) atoms. The van der Waals surface area contributed by atoms with E-state index in [1.807, 2.05) is 0 Å². The minimum Gasteiger partial charge on any atom is -0.316 e. The van der Waals surface area contributed by atoms with Gasteiger partial charge in [-0.25, -0.2) is 4.98 Å². The first-order valence-corrected chi connectivity index (χ1v) is 7.81. The molecule has 94 valence electrons. The molecule has 0 bridgehead atoms. The molecule has 1 aliphatic heterocycles. The lowest BCUT2D eigenvalue weighted by molar-refractivity contribution is 0.346. The fraction of sp³-hybridized carbons (Fsp3) is 0.357. The minimum absolute atomic E-state index is 0.785.